The third-order valence-electron chi connectivity index (χ3n) is 2.23. The number of hydrogen-bond acceptors (Lipinski definition) is 3. The van der Waals surface area contributed by atoms with E-state index in [1.807, 2.05) is 34.9 Å². The van der Waals surface area contributed by atoms with E-state index in [-0.39, 0.29) is 6.04 Å². The second kappa shape index (κ2) is 4.94. The van der Waals surface area contributed by atoms with Crippen molar-refractivity contribution in [2.45, 2.75) is 45.4 Å². The molecule has 80 valence electrons. The minimum atomic E-state index is -0.652. The van der Waals surface area contributed by atoms with Crippen LogP contribution in [-0.4, -0.2) is 48.3 Å². The van der Waals surface area contributed by atoms with Crippen molar-refractivity contribution in [1.82, 2.24) is 10.2 Å². The zero-order chi connectivity index (χ0) is 10.6. The van der Waals surface area contributed by atoms with Gasteiger partial charge in [0.25, 0.3) is 0 Å². The summed E-state index contributed by atoms with van der Waals surface area (Å²) in [4.78, 5) is 2.13. The molecule has 0 aromatic heterocycles. The Balaban J connectivity index is 3.85. The number of likely N-dealkylation sites (N-methyl/N-ethyl adjacent to an activating group) is 1. The van der Waals surface area contributed by atoms with Gasteiger partial charge in [0, 0.05) is 18.6 Å². The summed E-state index contributed by atoms with van der Waals surface area (Å²) in [6, 6.07) is 0.513. The van der Waals surface area contributed by atoms with Crippen molar-refractivity contribution in [1.29, 1.82) is 0 Å². The lowest BCUT2D eigenvalue weighted by Gasteiger charge is -2.30. The van der Waals surface area contributed by atoms with E-state index in [2.05, 4.69) is 17.1 Å². The lowest BCUT2D eigenvalue weighted by molar-refractivity contribution is 0.0394. The molecule has 0 heterocycles. The molecule has 0 aromatic rings. The number of aliphatic hydroxyl groups is 1. The molecule has 0 spiro atoms. The smallest absolute Gasteiger partial charge is 0.0741 e. The fourth-order valence-electron chi connectivity index (χ4n) is 1.23. The normalized spacial score (nSPS) is 17.5. The van der Waals surface area contributed by atoms with Gasteiger partial charge in [-0.2, -0.15) is 0 Å². The maximum Gasteiger partial charge on any atom is 0.0741 e. The second-order valence-corrected chi connectivity index (χ2v) is 4.71. The minimum absolute atomic E-state index is 0.113. The maximum absolute atomic E-state index is 9.69. The van der Waals surface area contributed by atoms with Crippen LogP contribution in [0.4, 0.5) is 0 Å². The van der Waals surface area contributed by atoms with Crippen molar-refractivity contribution in [3.8, 4) is 0 Å². The Labute approximate surface area is 82.1 Å². The molecule has 0 radical (unpaired) electrons. The van der Waals surface area contributed by atoms with Gasteiger partial charge in [0.2, 0.25) is 0 Å². The van der Waals surface area contributed by atoms with Crippen molar-refractivity contribution >= 4 is 0 Å². The Morgan fingerprint density at radius 2 is 1.77 bits per heavy atom. The summed E-state index contributed by atoms with van der Waals surface area (Å²) in [6.07, 6.45) is 0. The van der Waals surface area contributed by atoms with Crippen LogP contribution in [0.25, 0.3) is 0 Å². The SMILES string of the molecule is CC(CN(C)C)NC(C)C(C)(C)O. The molecule has 0 rings (SSSR count). The van der Waals surface area contributed by atoms with Crippen molar-refractivity contribution in [3.63, 3.8) is 0 Å². The molecule has 2 unspecified atom stereocenters. The molecule has 0 amide bonds. The molecule has 2 N–H and O–H groups in total. The molecule has 3 nitrogen and oxygen atoms in total. The van der Waals surface area contributed by atoms with Gasteiger partial charge in [0.05, 0.1) is 5.60 Å². The van der Waals surface area contributed by atoms with Crippen LogP contribution in [-0.2, 0) is 0 Å². The Kier molecular flexibility index (Phi) is 4.89. The van der Waals surface area contributed by atoms with Crippen molar-refractivity contribution < 1.29 is 5.11 Å². The second-order valence-electron chi connectivity index (χ2n) is 4.71. The number of nitrogens with one attached hydrogen (secondary N) is 1. The van der Waals surface area contributed by atoms with Crippen LogP contribution in [0.2, 0.25) is 0 Å². The van der Waals surface area contributed by atoms with Crippen LogP contribution >= 0.6 is 0 Å². The predicted octanol–water partition coefficient (Wildman–Crippen LogP) is 0.685. The van der Waals surface area contributed by atoms with Crippen molar-refractivity contribution in [2.24, 2.45) is 0 Å². The van der Waals surface area contributed by atoms with Crippen LogP contribution in [0.15, 0.2) is 0 Å². The largest absolute Gasteiger partial charge is 0.389 e. The summed E-state index contributed by atoms with van der Waals surface area (Å²) in [5.41, 5.74) is -0.652. The van der Waals surface area contributed by atoms with E-state index in [4.69, 9.17) is 0 Å². The Morgan fingerprint density at radius 3 is 2.08 bits per heavy atom. The molecular formula is C10H24N2O. The standard InChI is InChI=1S/C10H24N2O/c1-8(7-12(5)6)11-9(2)10(3,4)13/h8-9,11,13H,7H2,1-6H3. The Bertz CT molecular complexity index is 140. The predicted molar refractivity (Wildman–Crippen MR) is 56.9 cm³/mol. The fraction of sp³-hybridized carbons (Fsp3) is 1.00. The molecule has 0 aliphatic carbocycles. The molecular weight excluding hydrogens is 164 g/mol. The number of hydrogen-bond donors (Lipinski definition) is 2. The molecule has 0 saturated carbocycles. The van der Waals surface area contributed by atoms with Crippen LogP contribution < -0.4 is 5.32 Å². The third kappa shape index (κ3) is 6.02. The molecule has 13 heavy (non-hydrogen) atoms. The van der Waals surface area contributed by atoms with Crippen LogP contribution in [0, 0.1) is 0 Å². The van der Waals surface area contributed by atoms with Gasteiger partial charge in [0.1, 0.15) is 0 Å². The zero-order valence-corrected chi connectivity index (χ0v) is 9.76. The van der Waals surface area contributed by atoms with Gasteiger partial charge < -0.3 is 15.3 Å². The topological polar surface area (TPSA) is 35.5 Å². The Morgan fingerprint density at radius 1 is 1.31 bits per heavy atom. The van der Waals surface area contributed by atoms with Gasteiger partial charge in [-0.15, -0.1) is 0 Å². The van der Waals surface area contributed by atoms with Crippen LogP contribution in [0.1, 0.15) is 27.7 Å². The highest BCUT2D eigenvalue weighted by Crippen LogP contribution is 2.08. The molecule has 0 saturated heterocycles. The highest BCUT2D eigenvalue weighted by atomic mass is 16.3. The van der Waals surface area contributed by atoms with Gasteiger partial charge in [-0.05, 0) is 41.8 Å². The van der Waals surface area contributed by atoms with Gasteiger partial charge >= 0.3 is 0 Å². The summed E-state index contributed by atoms with van der Waals surface area (Å²) in [5, 5.41) is 13.1. The summed E-state index contributed by atoms with van der Waals surface area (Å²) in [6.45, 7) is 8.77. The first-order chi connectivity index (χ1) is 5.73. The first kappa shape index (κ1) is 12.9. The zero-order valence-electron chi connectivity index (χ0n) is 9.76. The van der Waals surface area contributed by atoms with Gasteiger partial charge in [-0.3, -0.25) is 0 Å². The summed E-state index contributed by atoms with van der Waals surface area (Å²) in [7, 11) is 4.10. The molecule has 3 heteroatoms. The van der Waals surface area contributed by atoms with Gasteiger partial charge in [-0.1, -0.05) is 0 Å². The first-order valence-electron chi connectivity index (χ1n) is 4.86. The third-order valence-corrected chi connectivity index (χ3v) is 2.23. The van der Waals surface area contributed by atoms with E-state index in [9.17, 15) is 5.11 Å². The number of nitrogens with zero attached hydrogens (tertiary/aromatic N) is 1. The van der Waals surface area contributed by atoms with E-state index in [0.29, 0.717) is 6.04 Å². The van der Waals surface area contributed by atoms with E-state index < -0.39 is 5.60 Å². The van der Waals surface area contributed by atoms with E-state index in [1.165, 1.54) is 0 Å². The van der Waals surface area contributed by atoms with E-state index >= 15 is 0 Å². The van der Waals surface area contributed by atoms with Crippen molar-refractivity contribution in [2.75, 3.05) is 20.6 Å². The molecule has 0 aliphatic heterocycles. The molecule has 2 atom stereocenters. The minimum Gasteiger partial charge on any atom is -0.389 e. The lowest BCUT2D eigenvalue weighted by Crippen LogP contribution is -2.50. The fourth-order valence-corrected chi connectivity index (χ4v) is 1.23. The maximum atomic E-state index is 9.69. The van der Waals surface area contributed by atoms with Crippen LogP contribution in [0.5, 0.6) is 0 Å². The molecule has 0 fully saturated rings. The number of rotatable bonds is 5. The first-order valence-corrected chi connectivity index (χ1v) is 4.86. The Hall–Kier alpha value is -0.120. The van der Waals surface area contributed by atoms with Gasteiger partial charge in [-0.25, -0.2) is 0 Å². The highest BCUT2D eigenvalue weighted by molar-refractivity contribution is 4.82. The van der Waals surface area contributed by atoms with Gasteiger partial charge in [0.15, 0.2) is 0 Å². The van der Waals surface area contributed by atoms with E-state index in [0.717, 1.165) is 6.54 Å². The summed E-state index contributed by atoms with van der Waals surface area (Å²) < 4.78 is 0. The molecule has 0 bridgehead atoms. The molecule has 0 aliphatic rings. The molecule has 0 aromatic carbocycles. The summed E-state index contributed by atoms with van der Waals surface area (Å²) >= 11 is 0. The quantitative estimate of drug-likeness (QED) is 0.666. The average molecular weight is 188 g/mol. The summed E-state index contributed by atoms with van der Waals surface area (Å²) in [5.74, 6) is 0. The highest BCUT2D eigenvalue weighted by Gasteiger charge is 2.23. The van der Waals surface area contributed by atoms with E-state index in [1.54, 1.807) is 0 Å². The average Bonchev–Trinajstić information content (AvgIpc) is 1.82. The lowest BCUT2D eigenvalue weighted by atomic mass is 10.00. The van der Waals surface area contributed by atoms with Crippen LogP contribution in [0.3, 0.4) is 0 Å². The monoisotopic (exact) mass is 188 g/mol. The van der Waals surface area contributed by atoms with Crippen molar-refractivity contribution in [3.05, 3.63) is 0 Å².